The van der Waals surface area contributed by atoms with Crippen molar-refractivity contribution in [3.05, 3.63) is 23.0 Å². The second kappa shape index (κ2) is 3.76. The van der Waals surface area contributed by atoms with Gasteiger partial charge in [0.15, 0.2) is 5.82 Å². The van der Waals surface area contributed by atoms with E-state index in [1.165, 1.54) is 0 Å². The fourth-order valence-corrected chi connectivity index (χ4v) is 1.53. The summed E-state index contributed by atoms with van der Waals surface area (Å²) in [4.78, 5) is 11.3. The average molecular weight is 207 g/mol. The Morgan fingerprint density at radius 3 is 3.00 bits per heavy atom. The lowest BCUT2D eigenvalue weighted by atomic mass is 10.2. The molecule has 0 atom stereocenters. The third-order valence-corrected chi connectivity index (χ3v) is 2.31. The maximum Gasteiger partial charge on any atom is 0.335 e. The molecule has 5 nitrogen and oxygen atoms in total. The molecule has 0 radical (unpaired) electrons. The topological polar surface area (TPSA) is 67.0 Å². The zero-order valence-electron chi connectivity index (χ0n) is 8.76. The van der Waals surface area contributed by atoms with Crippen LogP contribution in [0.2, 0.25) is 0 Å². The zero-order chi connectivity index (χ0) is 10.8. The van der Waals surface area contributed by atoms with Crippen LogP contribution in [0.25, 0.3) is 0 Å². The van der Waals surface area contributed by atoms with Crippen molar-refractivity contribution in [1.29, 1.82) is 0 Å². The molecule has 0 spiro atoms. The van der Waals surface area contributed by atoms with E-state index < -0.39 is 0 Å². The highest BCUT2D eigenvalue weighted by Crippen LogP contribution is 2.18. The molecule has 15 heavy (non-hydrogen) atoms. The fraction of sp³-hybridized carbons (Fsp3) is 0.400. The van der Waals surface area contributed by atoms with Gasteiger partial charge in [0.1, 0.15) is 0 Å². The van der Waals surface area contributed by atoms with Gasteiger partial charge in [0, 0.05) is 23.9 Å². The first-order valence-corrected chi connectivity index (χ1v) is 4.83. The van der Waals surface area contributed by atoms with Crippen LogP contribution in [0.5, 0.6) is 0 Å². The number of carbonyl (C=O) groups excluding carboxylic acids is 1. The summed E-state index contributed by atoms with van der Waals surface area (Å²) in [5, 5.41) is 9.93. The first-order chi connectivity index (χ1) is 7.16. The number of nitrogens with one attached hydrogen (secondary N) is 2. The van der Waals surface area contributed by atoms with Gasteiger partial charge in [-0.05, 0) is 13.8 Å². The Bertz CT molecular complexity index is 420. The summed E-state index contributed by atoms with van der Waals surface area (Å²) in [6.07, 6.45) is 0.668. The molecule has 80 valence electrons. The van der Waals surface area contributed by atoms with Crippen LogP contribution in [-0.2, 0) is 9.53 Å². The average Bonchev–Trinajstić information content (AvgIpc) is 2.75. The van der Waals surface area contributed by atoms with Crippen LogP contribution in [0.3, 0.4) is 0 Å². The Labute approximate surface area is 87.5 Å². The SMILES string of the molecule is C/C(Nc1cc(C)[nH]n1)=C1\CCOC1=O. The standard InChI is InChI=1S/C10H13N3O2/c1-6-5-9(13-12-6)11-7(2)8-3-4-15-10(8)14/h5H,3-4H2,1-2H3,(H2,11,12,13)/b8-7-. The van der Waals surface area contributed by atoms with E-state index in [0.717, 1.165) is 17.2 Å². The number of aryl methyl sites for hydroxylation is 1. The number of cyclic esters (lactones) is 1. The normalized spacial score (nSPS) is 18.9. The van der Waals surface area contributed by atoms with Crippen molar-refractivity contribution in [3.8, 4) is 0 Å². The number of anilines is 1. The van der Waals surface area contributed by atoms with Gasteiger partial charge in [-0.2, -0.15) is 5.10 Å². The molecule has 2 heterocycles. The first-order valence-electron chi connectivity index (χ1n) is 4.83. The fourth-order valence-electron chi connectivity index (χ4n) is 1.53. The second-order valence-corrected chi connectivity index (χ2v) is 3.55. The van der Waals surface area contributed by atoms with E-state index in [9.17, 15) is 4.79 Å². The smallest absolute Gasteiger partial charge is 0.335 e. The van der Waals surface area contributed by atoms with Gasteiger partial charge in [-0.3, -0.25) is 5.10 Å². The lowest BCUT2D eigenvalue weighted by Crippen LogP contribution is -2.04. The molecule has 0 amide bonds. The van der Waals surface area contributed by atoms with Gasteiger partial charge in [0.25, 0.3) is 0 Å². The van der Waals surface area contributed by atoms with Gasteiger partial charge in [0.2, 0.25) is 0 Å². The minimum absolute atomic E-state index is 0.229. The summed E-state index contributed by atoms with van der Waals surface area (Å²) >= 11 is 0. The summed E-state index contributed by atoms with van der Waals surface area (Å²) < 4.78 is 4.86. The van der Waals surface area contributed by atoms with Crippen LogP contribution in [0, 0.1) is 6.92 Å². The number of rotatable bonds is 2. The van der Waals surface area contributed by atoms with E-state index in [-0.39, 0.29) is 5.97 Å². The molecule has 1 aliphatic rings. The molecule has 2 N–H and O–H groups in total. The van der Waals surface area contributed by atoms with Crippen LogP contribution < -0.4 is 5.32 Å². The Morgan fingerprint density at radius 1 is 1.67 bits per heavy atom. The molecule has 0 aliphatic carbocycles. The predicted octanol–water partition coefficient (Wildman–Crippen LogP) is 1.35. The molecule has 0 saturated carbocycles. The number of aromatic nitrogens is 2. The summed E-state index contributed by atoms with van der Waals surface area (Å²) in [6, 6.07) is 1.88. The minimum atomic E-state index is -0.229. The molecule has 1 saturated heterocycles. The second-order valence-electron chi connectivity index (χ2n) is 3.55. The van der Waals surface area contributed by atoms with Crippen molar-refractivity contribution < 1.29 is 9.53 Å². The molecule has 5 heteroatoms. The van der Waals surface area contributed by atoms with E-state index in [2.05, 4.69) is 15.5 Å². The predicted molar refractivity (Wildman–Crippen MR) is 55.2 cm³/mol. The Balaban J connectivity index is 2.15. The maximum absolute atomic E-state index is 11.3. The molecule has 1 aromatic heterocycles. The Hall–Kier alpha value is -1.78. The summed E-state index contributed by atoms with van der Waals surface area (Å²) in [6.45, 7) is 4.25. The van der Waals surface area contributed by atoms with Gasteiger partial charge < -0.3 is 10.1 Å². The lowest BCUT2D eigenvalue weighted by molar-refractivity contribution is -0.135. The highest BCUT2D eigenvalue weighted by atomic mass is 16.5. The third-order valence-electron chi connectivity index (χ3n) is 2.31. The van der Waals surface area contributed by atoms with Crippen molar-refractivity contribution in [1.82, 2.24) is 10.2 Å². The number of hydrogen-bond acceptors (Lipinski definition) is 4. The number of ether oxygens (including phenoxy) is 1. The van der Waals surface area contributed by atoms with E-state index >= 15 is 0 Å². The van der Waals surface area contributed by atoms with Gasteiger partial charge >= 0.3 is 5.97 Å². The molecule has 0 aromatic carbocycles. The van der Waals surface area contributed by atoms with E-state index in [4.69, 9.17) is 4.74 Å². The number of nitrogens with zero attached hydrogens (tertiary/aromatic N) is 1. The number of H-pyrrole nitrogens is 1. The maximum atomic E-state index is 11.3. The quantitative estimate of drug-likeness (QED) is 0.567. The number of aromatic amines is 1. The zero-order valence-corrected chi connectivity index (χ0v) is 8.76. The van der Waals surface area contributed by atoms with Crippen LogP contribution >= 0.6 is 0 Å². The summed E-state index contributed by atoms with van der Waals surface area (Å²) in [5.74, 6) is 0.490. The van der Waals surface area contributed by atoms with E-state index in [0.29, 0.717) is 18.6 Å². The van der Waals surface area contributed by atoms with Gasteiger partial charge in [-0.25, -0.2) is 4.79 Å². The van der Waals surface area contributed by atoms with Gasteiger partial charge in [-0.1, -0.05) is 0 Å². The van der Waals surface area contributed by atoms with Gasteiger partial charge in [0.05, 0.1) is 12.2 Å². The Morgan fingerprint density at radius 2 is 2.47 bits per heavy atom. The van der Waals surface area contributed by atoms with E-state index in [1.54, 1.807) is 0 Å². The monoisotopic (exact) mass is 207 g/mol. The first kappa shape index (κ1) is 9.76. The molecule has 1 aromatic rings. The molecule has 1 aliphatic heterocycles. The number of esters is 1. The Kier molecular flexibility index (Phi) is 2.45. The largest absolute Gasteiger partial charge is 0.462 e. The van der Waals surface area contributed by atoms with Crippen LogP contribution in [-0.4, -0.2) is 22.8 Å². The third kappa shape index (κ3) is 2.01. The number of allylic oxidation sites excluding steroid dienone is 1. The van der Waals surface area contributed by atoms with Crippen LogP contribution in [0.4, 0.5) is 5.82 Å². The molecule has 0 bridgehead atoms. The molecule has 0 unspecified atom stereocenters. The van der Waals surface area contributed by atoms with Crippen LogP contribution in [0.1, 0.15) is 19.0 Å². The summed E-state index contributed by atoms with van der Waals surface area (Å²) in [5.41, 5.74) is 2.49. The summed E-state index contributed by atoms with van der Waals surface area (Å²) in [7, 11) is 0. The van der Waals surface area contributed by atoms with Crippen molar-refractivity contribution in [2.75, 3.05) is 11.9 Å². The highest BCUT2D eigenvalue weighted by Gasteiger charge is 2.21. The van der Waals surface area contributed by atoms with Gasteiger partial charge in [-0.15, -0.1) is 0 Å². The molecular formula is C10H13N3O2. The molecular weight excluding hydrogens is 194 g/mol. The minimum Gasteiger partial charge on any atom is -0.462 e. The van der Waals surface area contributed by atoms with Crippen molar-refractivity contribution in [2.24, 2.45) is 0 Å². The van der Waals surface area contributed by atoms with Crippen molar-refractivity contribution in [2.45, 2.75) is 20.3 Å². The van der Waals surface area contributed by atoms with Crippen LogP contribution in [0.15, 0.2) is 17.3 Å². The lowest BCUT2D eigenvalue weighted by Gasteiger charge is -2.04. The van der Waals surface area contributed by atoms with Crippen molar-refractivity contribution in [3.63, 3.8) is 0 Å². The van der Waals surface area contributed by atoms with E-state index in [1.807, 2.05) is 19.9 Å². The highest BCUT2D eigenvalue weighted by molar-refractivity contribution is 5.91. The molecule has 1 fully saturated rings. The van der Waals surface area contributed by atoms with Crippen molar-refractivity contribution >= 4 is 11.8 Å². The number of hydrogen-bond donors (Lipinski definition) is 2. The molecule has 2 rings (SSSR count). The number of carbonyl (C=O) groups is 1.